The maximum atomic E-state index is 13.7. The van der Waals surface area contributed by atoms with Crippen molar-refractivity contribution in [3.63, 3.8) is 0 Å². The normalized spacial score (nSPS) is 28.8. The molecule has 0 radical (unpaired) electrons. The highest BCUT2D eigenvalue weighted by Crippen LogP contribution is 2.33. The molecule has 4 heteroatoms. The van der Waals surface area contributed by atoms with Crippen LogP contribution in [-0.2, 0) is 0 Å². The van der Waals surface area contributed by atoms with Gasteiger partial charge in [-0.3, -0.25) is 4.90 Å². The quantitative estimate of drug-likeness (QED) is 0.781. The fraction of sp³-hybridized carbons (Fsp3) is 1.00. The summed E-state index contributed by atoms with van der Waals surface area (Å²) in [6.07, 6.45) is 2.98. The molecule has 120 valence electrons. The van der Waals surface area contributed by atoms with Crippen LogP contribution in [0.5, 0.6) is 0 Å². The van der Waals surface area contributed by atoms with Crippen molar-refractivity contribution in [1.82, 2.24) is 9.80 Å². The topological polar surface area (TPSA) is 6.48 Å². The molecule has 0 amide bonds. The van der Waals surface area contributed by atoms with Gasteiger partial charge < -0.3 is 4.90 Å². The number of hydrogen-bond acceptors (Lipinski definition) is 2. The molecule has 0 aliphatic carbocycles. The molecule has 1 unspecified atom stereocenters. The van der Waals surface area contributed by atoms with Crippen molar-refractivity contribution >= 4 is 0 Å². The molecule has 2 saturated heterocycles. The molecule has 0 bridgehead atoms. The number of likely N-dealkylation sites (tertiary alicyclic amines) is 2. The smallest absolute Gasteiger partial charge is 0.263 e. The van der Waals surface area contributed by atoms with E-state index < -0.39 is 11.8 Å². The third kappa shape index (κ3) is 4.96. The number of halogens is 2. The first-order chi connectivity index (χ1) is 9.51. The van der Waals surface area contributed by atoms with Gasteiger partial charge in [-0.15, -0.1) is 0 Å². The summed E-state index contributed by atoms with van der Waals surface area (Å²) in [6, 6.07) is 0. The molecule has 2 heterocycles. The van der Waals surface area contributed by atoms with Crippen LogP contribution >= 0.6 is 0 Å². The Morgan fingerprint density at radius 3 is 2.05 bits per heavy atom. The SMILES string of the molecule is CC.CCN1CCC(CN2CCC(C)C(F)(F)C2)CC1. The van der Waals surface area contributed by atoms with E-state index in [9.17, 15) is 8.78 Å². The molecule has 2 rings (SSSR count). The average Bonchev–Trinajstić information content (AvgIpc) is 2.46. The number of hydrogen-bond donors (Lipinski definition) is 0. The van der Waals surface area contributed by atoms with E-state index >= 15 is 0 Å². The number of piperidine rings is 2. The molecular weight excluding hydrogens is 258 g/mol. The van der Waals surface area contributed by atoms with Gasteiger partial charge in [0, 0.05) is 12.5 Å². The lowest BCUT2D eigenvalue weighted by Crippen LogP contribution is -2.49. The number of rotatable bonds is 3. The standard InChI is InChI=1S/C14H26F2N2.C2H6/c1-3-17-8-5-13(6-9-17)10-18-7-4-12(2)14(15,16)11-18;1-2/h12-13H,3-11H2,1-2H3;1-2H3. The van der Waals surface area contributed by atoms with E-state index in [1.54, 1.807) is 6.92 Å². The molecular formula is C16H32F2N2. The summed E-state index contributed by atoms with van der Waals surface area (Å²) < 4.78 is 27.3. The Kier molecular flexibility index (Phi) is 7.38. The lowest BCUT2D eigenvalue weighted by molar-refractivity contribution is -0.108. The zero-order valence-electron chi connectivity index (χ0n) is 13.7. The maximum Gasteiger partial charge on any atom is 0.263 e. The molecule has 1 atom stereocenters. The van der Waals surface area contributed by atoms with Crippen LogP contribution < -0.4 is 0 Å². The fourth-order valence-corrected chi connectivity index (χ4v) is 3.13. The van der Waals surface area contributed by atoms with Crippen LogP contribution in [0.25, 0.3) is 0 Å². The van der Waals surface area contributed by atoms with E-state index in [1.807, 2.05) is 18.7 Å². The Hall–Kier alpha value is -0.220. The zero-order chi connectivity index (χ0) is 15.2. The van der Waals surface area contributed by atoms with Gasteiger partial charge in [0.15, 0.2) is 0 Å². The molecule has 2 nitrogen and oxygen atoms in total. The van der Waals surface area contributed by atoms with Crippen molar-refractivity contribution in [1.29, 1.82) is 0 Å². The molecule has 2 aliphatic rings. The van der Waals surface area contributed by atoms with Crippen molar-refractivity contribution in [3.05, 3.63) is 0 Å². The van der Waals surface area contributed by atoms with Gasteiger partial charge in [0.2, 0.25) is 0 Å². The predicted molar refractivity (Wildman–Crippen MR) is 81.4 cm³/mol. The fourth-order valence-electron chi connectivity index (χ4n) is 3.13. The summed E-state index contributed by atoms with van der Waals surface area (Å²) in [5, 5.41) is 0. The maximum absolute atomic E-state index is 13.7. The van der Waals surface area contributed by atoms with Crippen LogP contribution in [0.15, 0.2) is 0 Å². The van der Waals surface area contributed by atoms with Crippen LogP contribution in [0.1, 0.15) is 47.0 Å². The lowest BCUT2D eigenvalue weighted by atomic mass is 9.91. The van der Waals surface area contributed by atoms with Crippen LogP contribution in [0, 0.1) is 11.8 Å². The summed E-state index contributed by atoms with van der Waals surface area (Å²) in [7, 11) is 0. The number of alkyl halides is 2. The van der Waals surface area contributed by atoms with Crippen molar-refractivity contribution in [2.75, 3.05) is 39.3 Å². The number of nitrogens with zero attached hydrogens (tertiary/aromatic N) is 2. The first-order valence-corrected chi connectivity index (χ1v) is 8.34. The predicted octanol–water partition coefficient (Wildman–Crippen LogP) is 3.72. The highest BCUT2D eigenvalue weighted by molar-refractivity contribution is 4.85. The Morgan fingerprint density at radius 2 is 1.55 bits per heavy atom. The molecule has 20 heavy (non-hydrogen) atoms. The Morgan fingerprint density at radius 1 is 1.00 bits per heavy atom. The van der Waals surface area contributed by atoms with Gasteiger partial charge in [0.25, 0.3) is 5.92 Å². The summed E-state index contributed by atoms with van der Waals surface area (Å²) in [4.78, 5) is 4.44. The van der Waals surface area contributed by atoms with Gasteiger partial charge in [0.1, 0.15) is 0 Å². The van der Waals surface area contributed by atoms with Crippen LogP contribution in [-0.4, -0.2) is 55.0 Å². The minimum Gasteiger partial charge on any atom is -0.304 e. The average molecular weight is 290 g/mol. The highest BCUT2D eigenvalue weighted by atomic mass is 19.3. The molecule has 2 aliphatic heterocycles. The summed E-state index contributed by atoms with van der Waals surface area (Å²) in [5.41, 5.74) is 0. The van der Waals surface area contributed by atoms with Gasteiger partial charge in [-0.1, -0.05) is 27.7 Å². The second-order valence-electron chi connectivity index (χ2n) is 6.06. The van der Waals surface area contributed by atoms with Crippen LogP contribution in [0.2, 0.25) is 0 Å². The van der Waals surface area contributed by atoms with Crippen molar-refractivity contribution in [2.24, 2.45) is 11.8 Å². The Labute approximate surface area is 123 Å². The van der Waals surface area contributed by atoms with Gasteiger partial charge >= 0.3 is 0 Å². The molecule has 0 aromatic rings. The molecule has 2 fully saturated rings. The van der Waals surface area contributed by atoms with E-state index in [2.05, 4.69) is 11.8 Å². The van der Waals surface area contributed by atoms with E-state index in [1.165, 1.54) is 12.8 Å². The van der Waals surface area contributed by atoms with E-state index in [0.717, 1.165) is 32.7 Å². The first kappa shape index (κ1) is 17.8. The molecule has 0 saturated carbocycles. The van der Waals surface area contributed by atoms with Gasteiger partial charge in [-0.05, 0) is 51.4 Å². The minimum atomic E-state index is -2.48. The largest absolute Gasteiger partial charge is 0.304 e. The first-order valence-electron chi connectivity index (χ1n) is 8.34. The second kappa shape index (κ2) is 8.28. The van der Waals surface area contributed by atoms with E-state index in [-0.39, 0.29) is 6.54 Å². The van der Waals surface area contributed by atoms with E-state index in [0.29, 0.717) is 12.3 Å². The lowest BCUT2D eigenvalue weighted by Gasteiger charge is -2.40. The molecule has 0 aromatic carbocycles. The molecule has 0 aromatic heterocycles. The third-order valence-corrected chi connectivity index (χ3v) is 4.70. The van der Waals surface area contributed by atoms with E-state index in [4.69, 9.17) is 0 Å². The van der Waals surface area contributed by atoms with Crippen molar-refractivity contribution < 1.29 is 8.78 Å². The summed E-state index contributed by atoms with van der Waals surface area (Å²) in [6.45, 7) is 13.0. The third-order valence-electron chi connectivity index (χ3n) is 4.70. The Bertz CT molecular complexity index is 263. The van der Waals surface area contributed by atoms with Gasteiger partial charge in [0.05, 0.1) is 6.54 Å². The van der Waals surface area contributed by atoms with Crippen molar-refractivity contribution in [2.45, 2.75) is 52.9 Å². The monoisotopic (exact) mass is 290 g/mol. The van der Waals surface area contributed by atoms with Crippen molar-refractivity contribution in [3.8, 4) is 0 Å². The van der Waals surface area contributed by atoms with Gasteiger partial charge in [-0.2, -0.15) is 0 Å². The summed E-state index contributed by atoms with van der Waals surface area (Å²) >= 11 is 0. The molecule has 0 spiro atoms. The van der Waals surface area contributed by atoms with Gasteiger partial charge in [-0.25, -0.2) is 8.78 Å². The minimum absolute atomic E-state index is 0.0256. The Balaban J connectivity index is 0.000000956. The highest BCUT2D eigenvalue weighted by Gasteiger charge is 2.42. The zero-order valence-corrected chi connectivity index (χ0v) is 13.7. The second-order valence-corrected chi connectivity index (χ2v) is 6.06. The van der Waals surface area contributed by atoms with Crippen LogP contribution in [0.3, 0.4) is 0 Å². The van der Waals surface area contributed by atoms with Crippen LogP contribution in [0.4, 0.5) is 8.78 Å². The molecule has 0 N–H and O–H groups in total. The summed E-state index contributed by atoms with van der Waals surface area (Å²) in [5.74, 6) is -2.31.